The van der Waals surface area contributed by atoms with Gasteiger partial charge in [-0.2, -0.15) is 0 Å². The summed E-state index contributed by atoms with van der Waals surface area (Å²) in [5.41, 5.74) is -0.525. The monoisotopic (exact) mass is 256 g/mol. The summed E-state index contributed by atoms with van der Waals surface area (Å²) in [6.45, 7) is 7.80. The van der Waals surface area contributed by atoms with Crippen molar-refractivity contribution in [3.05, 3.63) is 23.4 Å². The van der Waals surface area contributed by atoms with Crippen LogP contribution in [0.2, 0.25) is 5.02 Å². The lowest BCUT2D eigenvalue weighted by Gasteiger charge is -2.25. The maximum Gasteiger partial charge on any atom is 0.415 e. The lowest BCUT2D eigenvalue weighted by atomic mass is 10.2. The molecule has 0 aliphatic heterocycles. The average molecular weight is 257 g/mol. The highest BCUT2D eigenvalue weighted by atomic mass is 35.5. The van der Waals surface area contributed by atoms with Crippen molar-refractivity contribution in [2.75, 3.05) is 11.4 Å². The van der Waals surface area contributed by atoms with Crippen LogP contribution in [0.4, 0.5) is 10.6 Å². The third kappa shape index (κ3) is 4.23. The number of hydrogen-bond acceptors (Lipinski definition) is 3. The lowest BCUT2D eigenvalue weighted by Crippen LogP contribution is -2.37. The van der Waals surface area contributed by atoms with Crippen LogP contribution < -0.4 is 4.90 Å². The van der Waals surface area contributed by atoms with Crippen LogP contribution in [0.25, 0.3) is 0 Å². The lowest BCUT2D eigenvalue weighted by molar-refractivity contribution is 0.0581. The molecule has 17 heavy (non-hydrogen) atoms. The van der Waals surface area contributed by atoms with Crippen molar-refractivity contribution in [2.45, 2.75) is 33.3 Å². The molecule has 0 bridgehead atoms. The molecule has 0 fully saturated rings. The van der Waals surface area contributed by atoms with Gasteiger partial charge in [-0.15, -0.1) is 0 Å². The maximum atomic E-state index is 11.9. The van der Waals surface area contributed by atoms with E-state index in [1.54, 1.807) is 18.3 Å². The topological polar surface area (TPSA) is 42.4 Å². The van der Waals surface area contributed by atoms with Gasteiger partial charge in [0.05, 0.1) is 0 Å². The maximum absolute atomic E-state index is 11.9. The zero-order chi connectivity index (χ0) is 13.1. The SMILES string of the molecule is CCN(C(=O)OC(C)(C)C)c1cc(Cl)ccn1. The number of carbonyl (C=O) groups is 1. The number of carbonyl (C=O) groups excluding carboxylic acids is 1. The van der Waals surface area contributed by atoms with E-state index in [0.717, 1.165) is 0 Å². The number of aromatic nitrogens is 1. The predicted octanol–water partition coefficient (Wildman–Crippen LogP) is 3.50. The number of nitrogens with zero attached hydrogens (tertiary/aromatic N) is 2. The summed E-state index contributed by atoms with van der Waals surface area (Å²) < 4.78 is 5.29. The number of rotatable bonds is 2. The van der Waals surface area contributed by atoms with Gasteiger partial charge in [0.25, 0.3) is 0 Å². The van der Waals surface area contributed by atoms with Gasteiger partial charge in [-0.1, -0.05) is 11.6 Å². The third-order valence-electron chi connectivity index (χ3n) is 1.91. The van der Waals surface area contributed by atoms with E-state index in [2.05, 4.69) is 4.98 Å². The largest absolute Gasteiger partial charge is 0.443 e. The van der Waals surface area contributed by atoms with Crippen LogP contribution in [0.1, 0.15) is 27.7 Å². The van der Waals surface area contributed by atoms with E-state index >= 15 is 0 Å². The Bertz CT molecular complexity index is 402. The Morgan fingerprint density at radius 2 is 2.18 bits per heavy atom. The van der Waals surface area contributed by atoms with E-state index < -0.39 is 11.7 Å². The Morgan fingerprint density at radius 1 is 1.53 bits per heavy atom. The van der Waals surface area contributed by atoms with Gasteiger partial charge in [-0.3, -0.25) is 4.90 Å². The summed E-state index contributed by atoms with van der Waals surface area (Å²) in [5.74, 6) is 0.495. The molecule has 0 N–H and O–H groups in total. The predicted molar refractivity (Wildman–Crippen MR) is 68.5 cm³/mol. The van der Waals surface area contributed by atoms with Crippen molar-refractivity contribution >= 4 is 23.5 Å². The number of pyridine rings is 1. The minimum atomic E-state index is -0.525. The normalized spacial score (nSPS) is 11.1. The Morgan fingerprint density at radius 3 is 2.65 bits per heavy atom. The number of anilines is 1. The highest BCUT2D eigenvalue weighted by Crippen LogP contribution is 2.19. The van der Waals surface area contributed by atoms with Gasteiger partial charge in [0, 0.05) is 17.8 Å². The summed E-state index contributed by atoms with van der Waals surface area (Å²) in [4.78, 5) is 17.5. The number of ether oxygens (including phenoxy) is 1. The van der Waals surface area contributed by atoms with Crippen LogP contribution in [0.15, 0.2) is 18.3 Å². The summed E-state index contributed by atoms with van der Waals surface area (Å²) >= 11 is 5.86. The molecule has 0 spiro atoms. The minimum Gasteiger partial charge on any atom is -0.443 e. The zero-order valence-electron chi connectivity index (χ0n) is 10.5. The Balaban J connectivity index is 2.88. The Hall–Kier alpha value is -1.29. The van der Waals surface area contributed by atoms with Crippen LogP contribution in [0, 0.1) is 0 Å². The highest BCUT2D eigenvalue weighted by Gasteiger charge is 2.22. The van der Waals surface area contributed by atoms with Crippen LogP contribution in [0.5, 0.6) is 0 Å². The Kier molecular flexibility index (Phi) is 4.34. The van der Waals surface area contributed by atoms with Crippen molar-refractivity contribution in [1.82, 2.24) is 4.98 Å². The molecule has 1 aromatic heterocycles. The molecular weight excluding hydrogens is 240 g/mol. The highest BCUT2D eigenvalue weighted by molar-refractivity contribution is 6.30. The zero-order valence-corrected chi connectivity index (χ0v) is 11.3. The molecular formula is C12H17ClN2O2. The molecule has 0 aromatic carbocycles. The molecule has 1 amide bonds. The van der Waals surface area contributed by atoms with Gasteiger partial charge < -0.3 is 4.74 Å². The quantitative estimate of drug-likeness (QED) is 0.813. The first kappa shape index (κ1) is 13.8. The van der Waals surface area contributed by atoms with Gasteiger partial charge >= 0.3 is 6.09 Å². The fourth-order valence-electron chi connectivity index (χ4n) is 1.24. The molecule has 0 radical (unpaired) electrons. The fourth-order valence-corrected chi connectivity index (χ4v) is 1.40. The second-order valence-corrected chi connectivity index (χ2v) is 4.99. The van der Waals surface area contributed by atoms with Crippen molar-refractivity contribution < 1.29 is 9.53 Å². The molecule has 1 aromatic rings. The van der Waals surface area contributed by atoms with E-state index in [4.69, 9.17) is 16.3 Å². The molecule has 0 saturated carbocycles. The van der Waals surface area contributed by atoms with Crippen LogP contribution in [-0.4, -0.2) is 23.2 Å². The van der Waals surface area contributed by atoms with E-state index in [9.17, 15) is 4.79 Å². The van der Waals surface area contributed by atoms with Crippen molar-refractivity contribution in [3.63, 3.8) is 0 Å². The average Bonchev–Trinajstić information content (AvgIpc) is 2.15. The molecule has 0 unspecified atom stereocenters. The molecule has 0 atom stereocenters. The van der Waals surface area contributed by atoms with E-state index in [-0.39, 0.29) is 0 Å². The summed E-state index contributed by atoms with van der Waals surface area (Å²) in [6.07, 6.45) is 1.14. The first-order chi connectivity index (χ1) is 7.83. The number of halogens is 1. The minimum absolute atomic E-state index is 0.422. The molecule has 5 heteroatoms. The smallest absolute Gasteiger partial charge is 0.415 e. The van der Waals surface area contributed by atoms with Gasteiger partial charge in [0.1, 0.15) is 11.4 Å². The molecule has 94 valence electrons. The van der Waals surface area contributed by atoms with E-state index in [1.807, 2.05) is 27.7 Å². The van der Waals surface area contributed by atoms with E-state index in [1.165, 1.54) is 4.90 Å². The molecule has 4 nitrogen and oxygen atoms in total. The Labute approximate surface area is 107 Å². The first-order valence-electron chi connectivity index (χ1n) is 5.45. The van der Waals surface area contributed by atoms with Crippen molar-refractivity contribution in [1.29, 1.82) is 0 Å². The van der Waals surface area contributed by atoms with Crippen LogP contribution in [-0.2, 0) is 4.74 Å². The standard InChI is InChI=1S/C12H17ClN2O2/c1-5-15(11(16)17-12(2,3)4)10-8-9(13)6-7-14-10/h6-8H,5H2,1-4H3. The molecule has 1 rings (SSSR count). The third-order valence-corrected chi connectivity index (χ3v) is 2.15. The second kappa shape index (κ2) is 5.36. The number of hydrogen-bond donors (Lipinski definition) is 0. The van der Waals surface area contributed by atoms with Gasteiger partial charge in [-0.05, 0) is 39.8 Å². The second-order valence-electron chi connectivity index (χ2n) is 4.56. The fraction of sp³-hybridized carbons (Fsp3) is 0.500. The van der Waals surface area contributed by atoms with E-state index in [0.29, 0.717) is 17.4 Å². The van der Waals surface area contributed by atoms with Crippen molar-refractivity contribution in [3.8, 4) is 0 Å². The van der Waals surface area contributed by atoms with Gasteiger partial charge in [0.2, 0.25) is 0 Å². The molecule has 0 aliphatic carbocycles. The molecule has 0 saturated heterocycles. The van der Waals surface area contributed by atoms with Crippen LogP contribution >= 0.6 is 11.6 Å². The van der Waals surface area contributed by atoms with Crippen LogP contribution in [0.3, 0.4) is 0 Å². The molecule has 0 aliphatic rings. The van der Waals surface area contributed by atoms with Gasteiger partial charge in [0.15, 0.2) is 0 Å². The number of amides is 1. The summed E-state index contributed by atoms with van der Waals surface area (Å²) in [5, 5.41) is 0.539. The van der Waals surface area contributed by atoms with Gasteiger partial charge in [-0.25, -0.2) is 9.78 Å². The molecule has 1 heterocycles. The first-order valence-corrected chi connectivity index (χ1v) is 5.83. The van der Waals surface area contributed by atoms with Crippen molar-refractivity contribution in [2.24, 2.45) is 0 Å². The summed E-state index contributed by atoms with van der Waals surface area (Å²) in [6, 6.07) is 3.29. The summed E-state index contributed by atoms with van der Waals surface area (Å²) in [7, 11) is 0.